The van der Waals surface area contributed by atoms with E-state index in [9.17, 15) is 8.78 Å². The Morgan fingerprint density at radius 1 is 1.03 bits per heavy atom. The monoisotopic (exact) mass is 448 g/mol. The SMILES string of the molecule is FC(F)Oc1ccc([NH+](Cc2cccnc2)c2ccccc2)cc1OC1CCCO1.[Cl-]. The summed E-state index contributed by atoms with van der Waals surface area (Å²) in [4.78, 5) is 5.23. The van der Waals surface area contributed by atoms with Gasteiger partial charge >= 0.3 is 6.61 Å². The smallest absolute Gasteiger partial charge is 0.387 e. The van der Waals surface area contributed by atoms with Crippen LogP contribution in [0.15, 0.2) is 73.1 Å². The van der Waals surface area contributed by atoms with Gasteiger partial charge in [0.05, 0.1) is 6.61 Å². The first-order valence-corrected chi connectivity index (χ1v) is 9.86. The molecule has 2 atom stereocenters. The van der Waals surface area contributed by atoms with E-state index in [1.54, 1.807) is 18.3 Å². The van der Waals surface area contributed by atoms with E-state index in [4.69, 9.17) is 9.47 Å². The summed E-state index contributed by atoms with van der Waals surface area (Å²) in [5.74, 6) is 0.248. The standard InChI is InChI=1S/C23H22F2N2O3.ClH/c24-23(25)30-20-11-10-19(14-21(20)29-22-9-5-13-28-22)27(18-7-2-1-3-8-18)16-17-6-4-12-26-15-17;/h1-4,6-8,10-12,14-15,22-23H,5,9,13,16H2;1H. The third-order valence-electron chi connectivity index (χ3n) is 4.88. The molecule has 0 bridgehead atoms. The number of alkyl halides is 2. The Labute approximate surface area is 186 Å². The fourth-order valence-corrected chi connectivity index (χ4v) is 3.48. The van der Waals surface area contributed by atoms with Gasteiger partial charge in [0.25, 0.3) is 0 Å². The Bertz CT molecular complexity index is 942. The molecule has 0 aliphatic carbocycles. The summed E-state index contributed by atoms with van der Waals surface area (Å²) in [6.07, 6.45) is 4.68. The van der Waals surface area contributed by atoms with Crippen LogP contribution in [0.1, 0.15) is 18.4 Å². The topological polar surface area (TPSA) is 45.0 Å². The van der Waals surface area contributed by atoms with Gasteiger partial charge in [0, 0.05) is 36.5 Å². The minimum atomic E-state index is -2.93. The van der Waals surface area contributed by atoms with Crippen LogP contribution in [0.3, 0.4) is 0 Å². The molecule has 0 saturated carbocycles. The maximum Gasteiger partial charge on any atom is 0.387 e. The molecule has 3 aromatic rings. The molecule has 2 aromatic carbocycles. The van der Waals surface area contributed by atoms with Gasteiger partial charge in [-0.15, -0.1) is 0 Å². The summed E-state index contributed by atoms with van der Waals surface area (Å²) < 4.78 is 41.9. The van der Waals surface area contributed by atoms with Gasteiger partial charge in [-0.25, -0.2) is 0 Å². The highest BCUT2D eigenvalue weighted by atomic mass is 35.5. The van der Waals surface area contributed by atoms with Gasteiger partial charge in [-0.05, 0) is 30.7 Å². The molecular formula is C23H23ClF2N2O3. The van der Waals surface area contributed by atoms with E-state index in [2.05, 4.69) is 9.72 Å². The second kappa shape index (κ2) is 11.0. The molecule has 1 aliphatic heterocycles. The van der Waals surface area contributed by atoms with Crippen molar-refractivity contribution in [3.05, 3.63) is 78.6 Å². The molecule has 1 N–H and O–H groups in total. The number of hydrogen-bond donors (Lipinski definition) is 1. The first-order valence-electron chi connectivity index (χ1n) is 9.86. The van der Waals surface area contributed by atoms with E-state index in [1.165, 1.54) is 6.07 Å². The highest BCUT2D eigenvalue weighted by Crippen LogP contribution is 2.33. The molecule has 0 spiro atoms. The lowest BCUT2D eigenvalue weighted by Crippen LogP contribution is -3.00. The minimum Gasteiger partial charge on any atom is -1.00 e. The molecule has 1 aromatic heterocycles. The fourth-order valence-electron chi connectivity index (χ4n) is 3.48. The number of quaternary nitrogens is 1. The lowest BCUT2D eigenvalue weighted by atomic mass is 10.2. The normalized spacial score (nSPS) is 16.5. The molecule has 31 heavy (non-hydrogen) atoms. The molecule has 2 unspecified atom stereocenters. The molecular weight excluding hydrogens is 426 g/mol. The summed E-state index contributed by atoms with van der Waals surface area (Å²) in [6, 6.07) is 18.9. The van der Waals surface area contributed by atoms with E-state index >= 15 is 0 Å². The van der Waals surface area contributed by atoms with Crippen LogP contribution in [-0.2, 0) is 11.3 Å². The number of benzene rings is 2. The molecule has 0 radical (unpaired) electrons. The fraction of sp³-hybridized carbons (Fsp3) is 0.261. The van der Waals surface area contributed by atoms with Gasteiger partial charge in [0.1, 0.15) is 17.9 Å². The summed E-state index contributed by atoms with van der Waals surface area (Å²) >= 11 is 0. The third-order valence-corrected chi connectivity index (χ3v) is 4.88. The second-order valence-electron chi connectivity index (χ2n) is 6.98. The van der Waals surface area contributed by atoms with Crippen molar-refractivity contribution in [2.75, 3.05) is 6.61 Å². The van der Waals surface area contributed by atoms with Crippen LogP contribution in [0.4, 0.5) is 20.2 Å². The number of para-hydroxylation sites is 1. The van der Waals surface area contributed by atoms with Crippen LogP contribution in [0.2, 0.25) is 0 Å². The molecule has 1 aliphatic rings. The number of nitrogens with one attached hydrogen (secondary N) is 1. The van der Waals surface area contributed by atoms with E-state index in [0.717, 1.165) is 28.3 Å². The quantitative estimate of drug-likeness (QED) is 0.563. The number of halogens is 3. The van der Waals surface area contributed by atoms with Gasteiger partial charge in [-0.1, -0.05) is 24.3 Å². The zero-order chi connectivity index (χ0) is 20.8. The highest BCUT2D eigenvalue weighted by molar-refractivity contribution is 5.50. The first-order chi connectivity index (χ1) is 14.7. The van der Waals surface area contributed by atoms with E-state index in [-0.39, 0.29) is 23.9 Å². The maximum atomic E-state index is 12.9. The van der Waals surface area contributed by atoms with Crippen molar-refractivity contribution in [2.45, 2.75) is 32.3 Å². The highest BCUT2D eigenvalue weighted by Gasteiger charge is 2.24. The number of hydrogen-bond acceptors (Lipinski definition) is 4. The van der Waals surface area contributed by atoms with Crippen molar-refractivity contribution in [1.29, 1.82) is 0 Å². The van der Waals surface area contributed by atoms with Crippen molar-refractivity contribution in [1.82, 2.24) is 4.98 Å². The van der Waals surface area contributed by atoms with E-state index in [1.807, 2.05) is 48.7 Å². The van der Waals surface area contributed by atoms with Crippen molar-refractivity contribution in [2.24, 2.45) is 0 Å². The Kier molecular flexibility index (Phi) is 8.17. The number of pyridine rings is 1. The van der Waals surface area contributed by atoms with Crippen molar-refractivity contribution in [3.8, 4) is 11.5 Å². The summed E-state index contributed by atoms with van der Waals surface area (Å²) in [7, 11) is 0. The molecule has 164 valence electrons. The molecule has 1 saturated heterocycles. The zero-order valence-corrected chi connectivity index (χ0v) is 17.5. The minimum absolute atomic E-state index is 0. The number of aromatic nitrogens is 1. The first kappa shape index (κ1) is 22.9. The van der Waals surface area contributed by atoms with Gasteiger partial charge < -0.3 is 26.6 Å². The molecule has 8 heteroatoms. The number of rotatable bonds is 8. The van der Waals surface area contributed by atoms with Crippen molar-refractivity contribution < 1.29 is 40.3 Å². The van der Waals surface area contributed by atoms with Crippen LogP contribution in [0, 0.1) is 0 Å². The number of nitrogens with zero attached hydrogens (tertiary/aromatic N) is 1. The number of ether oxygens (including phenoxy) is 3. The van der Waals surface area contributed by atoms with Gasteiger partial charge in [-0.3, -0.25) is 9.88 Å². The van der Waals surface area contributed by atoms with Crippen LogP contribution in [0.5, 0.6) is 11.5 Å². The zero-order valence-electron chi connectivity index (χ0n) is 16.7. The third kappa shape index (κ3) is 6.13. The molecule has 4 rings (SSSR count). The lowest BCUT2D eigenvalue weighted by molar-refractivity contribution is -0.776. The molecule has 2 heterocycles. The maximum absolute atomic E-state index is 12.9. The van der Waals surface area contributed by atoms with Crippen LogP contribution >= 0.6 is 0 Å². The van der Waals surface area contributed by atoms with Crippen molar-refractivity contribution in [3.63, 3.8) is 0 Å². The summed E-state index contributed by atoms with van der Waals surface area (Å²) in [6.45, 7) is -1.71. The van der Waals surface area contributed by atoms with Gasteiger partial charge in [-0.2, -0.15) is 8.78 Å². The molecule has 5 nitrogen and oxygen atoms in total. The van der Waals surface area contributed by atoms with E-state index < -0.39 is 12.9 Å². The van der Waals surface area contributed by atoms with Crippen molar-refractivity contribution >= 4 is 11.4 Å². The van der Waals surface area contributed by atoms with E-state index in [0.29, 0.717) is 19.6 Å². The summed E-state index contributed by atoms with van der Waals surface area (Å²) in [5, 5.41) is 0. The van der Waals surface area contributed by atoms with Crippen LogP contribution in [-0.4, -0.2) is 24.5 Å². The Balaban J connectivity index is 0.00000272. The van der Waals surface area contributed by atoms with Gasteiger partial charge in [0.2, 0.25) is 0 Å². The van der Waals surface area contributed by atoms with Crippen LogP contribution < -0.4 is 26.8 Å². The second-order valence-corrected chi connectivity index (χ2v) is 6.98. The predicted octanol–water partition coefficient (Wildman–Crippen LogP) is 1.25. The average molecular weight is 449 g/mol. The molecule has 1 fully saturated rings. The molecule has 0 amide bonds. The Hall–Kier alpha value is -2.74. The van der Waals surface area contributed by atoms with Gasteiger partial charge in [0.15, 0.2) is 17.8 Å². The Morgan fingerprint density at radius 3 is 2.55 bits per heavy atom. The Morgan fingerprint density at radius 2 is 1.87 bits per heavy atom. The predicted molar refractivity (Wildman–Crippen MR) is 107 cm³/mol. The summed E-state index contributed by atoms with van der Waals surface area (Å²) in [5.41, 5.74) is 2.94. The average Bonchev–Trinajstić information content (AvgIpc) is 3.27. The lowest BCUT2D eigenvalue weighted by Gasteiger charge is -2.21. The van der Waals surface area contributed by atoms with Crippen LogP contribution in [0.25, 0.3) is 0 Å². The largest absolute Gasteiger partial charge is 1.00 e.